The van der Waals surface area contributed by atoms with Gasteiger partial charge in [-0.25, -0.2) is 9.97 Å². The van der Waals surface area contributed by atoms with Crippen LogP contribution in [0.2, 0.25) is 25.2 Å². The molecule has 0 aliphatic heterocycles. The van der Waals surface area contributed by atoms with Crippen LogP contribution in [0, 0.1) is 0 Å². The third-order valence-corrected chi connectivity index (χ3v) is 9.90. The quantitative estimate of drug-likeness (QED) is 0.147. The van der Waals surface area contributed by atoms with Gasteiger partial charge in [0.1, 0.15) is 5.75 Å². The molecule has 0 bridgehead atoms. The van der Waals surface area contributed by atoms with E-state index in [9.17, 15) is 0 Å². The van der Waals surface area contributed by atoms with Crippen LogP contribution in [0.15, 0.2) is 36.7 Å². The predicted octanol–water partition coefficient (Wildman–Crippen LogP) is 8.94. The molecule has 0 radical (unpaired) electrons. The Balaban J connectivity index is 1.63. The van der Waals surface area contributed by atoms with E-state index in [4.69, 9.17) is 9.47 Å². The van der Waals surface area contributed by atoms with Gasteiger partial charge in [-0.1, -0.05) is 96.8 Å². The molecular formula is C29H48N2O2Si. The molecule has 0 aliphatic rings. The molecule has 34 heavy (non-hydrogen) atoms. The van der Waals surface area contributed by atoms with Crippen LogP contribution in [-0.2, 0) is 0 Å². The van der Waals surface area contributed by atoms with Crippen molar-refractivity contribution in [3.63, 3.8) is 0 Å². The highest BCUT2D eigenvalue weighted by molar-refractivity contribution is 6.77. The fraction of sp³-hybridized carbons (Fsp3) is 0.655. The average Bonchev–Trinajstić information content (AvgIpc) is 2.85. The molecule has 0 fully saturated rings. The number of benzene rings is 1. The first-order chi connectivity index (χ1) is 16.5. The standard InChI is InChI=1S/C29H48N2O2Si/c1-5-7-9-10-11-13-21-33-28-24-30-29(31-25-28)26-16-18-27(19-17-26)32-20-14-12-15-23-34(3,4)22-8-6-2/h16-19,24-25H,5-15,20-23H2,1-4H3. The van der Waals surface area contributed by atoms with E-state index >= 15 is 0 Å². The molecular weight excluding hydrogens is 436 g/mol. The topological polar surface area (TPSA) is 44.2 Å². The minimum absolute atomic E-state index is 0.716. The summed E-state index contributed by atoms with van der Waals surface area (Å²) < 4.78 is 11.7. The lowest BCUT2D eigenvalue weighted by molar-refractivity contribution is 0.302. The van der Waals surface area contributed by atoms with Crippen LogP contribution >= 0.6 is 0 Å². The van der Waals surface area contributed by atoms with Crippen LogP contribution in [0.25, 0.3) is 11.4 Å². The van der Waals surface area contributed by atoms with Gasteiger partial charge in [0.25, 0.3) is 0 Å². The van der Waals surface area contributed by atoms with Gasteiger partial charge in [-0.3, -0.25) is 0 Å². The Morgan fingerprint density at radius 1 is 0.618 bits per heavy atom. The van der Waals surface area contributed by atoms with E-state index in [-0.39, 0.29) is 0 Å². The van der Waals surface area contributed by atoms with E-state index in [1.807, 2.05) is 24.3 Å². The van der Waals surface area contributed by atoms with Gasteiger partial charge in [-0.05, 0) is 37.1 Å². The fourth-order valence-electron chi connectivity index (χ4n) is 4.17. The molecule has 0 saturated heterocycles. The number of ether oxygens (including phenoxy) is 2. The molecule has 0 spiro atoms. The second-order valence-electron chi connectivity index (χ2n) is 10.3. The van der Waals surface area contributed by atoms with E-state index in [0.717, 1.165) is 43.1 Å². The second kappa shape index (κ2) is 16.7. The number of hydrogen-bond donors (Lipinski definition) is 0. The molecule has 1 aromatic heterocycles. The Hall–Kier alpha value is -1.88. The predicted molar refractivity (Wildman–Crippen MR) is 148 cm³/mol. The average molecular weight is 485 g/mol. The molecule has 0 unspecified atom stereocenters. The van der Waals surface area contributed by atoms with Crippen molar-refractivity contribution in [2.24, 2.45) is 0 Å². The van der Waals surface area contributed by atoms with Gasteiger partial charge in [-0.2, -0.15) is 0 Å². The van der Waals surface area contributed by atoms with Crippen molar-refractivity contribution in [3.8, 4) is 22.9 Å². The zero-order valence-corrected chi connectivity index (χ0v) is 23.3. The van der Waals surface area contributed by atoms with Crippen molar-refractivity contribution >= 4 is 8.07 Å². The monoisotopic (exact) mass is 484 g/mol. The number of hydrogen-bond acceptors (Lipinski definition) is 4. The summed E-state index contributed by atoms with van der Waals surface area (Å²) in [5.41, 5.74) is 0.995. The fourth-order valence-corrected chi connectivity index (χ4v) is 6.93. The van der Waals surface area contributed by atoms with E-state index in [0.29, 0.717) is 5.82 Å². The Bertz CT molecular complexity index is 763. The largest absolute Gasteiger partial charge is 0.494 e. The van der Waals surface area contributed by atoms with Crippen molar-refractivity contribution in [2.45, 2.75) is 110 Å². The summed E-state index contributed by atoms with van der Waals surface area (Å²) in [5, 5.41) is 0. The van der Waals surface area contributed by atoms with Crippen LogP contribution in [0.5, 0.6) is 11.5 Å². The van der Waals surface area contributed by atoms with E-state index in [2.05, 4.69) is 36.9 Å². The first-order valence-electron chi connectivity index (χ1n) is 13.7. The summed E-state index contributed by atoms with van der Waals surface area (Å²) in [6.45, 7) is 11.2. The zero-order valence-electron chi connectivity index (χ0n) is 22.3. The maximum absolute atomic E-state index is 5.95. The summed E-state index contributed by atoms with van der Waals surface area (Å²) in [6.07, 6.45) is 17.6. The molecule has 0 amide bonds. The molecule has 2 aromatic rings. The van der Waals surface area contributed by atoms with Gasteiger partial charge < -0.3 is 9.47 Å². The molecule has 5 heteroatoms. The summed E-state index contributed by atoms with van der Waals surface area (Å²) >= 11 is 0. The van der Waals surface area contributed by atoms with Gasteiger partial charge in [0.2, 0.25) is 0 Å². The number of aromatic nitrogens is 2. The van der Waals surface area contributed by atoms with Gasteiger partial charge >= 0.3 is 0 Å². The molecule has 0 N–H and O–H groups in total. The lowest BCUT2D eigenvalue weighted by atomic mass is 10.1. The summed E-state index contributed by atoms with van der Waals surface area (Å²) in [5.74, 6) is 2.38. The number of nitrogens with zero attached hydrogens (tertiary/aromatic N) is 2. The lowest BCUT2D eigenvalue weighted by Gasteiger charge is -2.21. The van der Waals surface area contributed by atoms with Crippen molar-refractivity contribution in [1.82, 2.24) is 9.97 Å². The summed E-state index contributed by atoms with van der Waals surface area (Å²) in [6, 6.07) is 11.0. The van der Waals surface area contributed by atoms with E-state index in [1.165, 1.54) is 69.9 Å². The molecule has 1 heterocycles. The first-order valence-corrected chi connectivity index (χ1v) is 17.1. The van der Waals surface area contributed by atoms with Crippen molar-refractivity contribution in [2.75, 3.05) is 13.2 Å². The Morgan fingerprint density at radius 2 is 1.15 bits per heavy atom. The SMILES string of the molecule is CCCCCCCCOc1cnc(-c2ccc(OCCCCC[Si](C)(C)CCCC)cc2)nc1. The lowest BCUT2D eigenvalue weighted by Crippen LogP contribution is -2.24. The highest BCUT2D eigenvalue weighted by Gasteiger charge is 2.18. The second-order valence-corrected chi connectivity index (χ2v) is 15.6. The Labute approximate surface area is 209 Å². The van der Waals surface area contributed by atoms with E-state index < -0.39 is 8.07 Å². The molecule has 190 valence electrons. The number of unbranched alkanes of at least 4 members (excludes halogenated alkanes) is 8. The third-order valence-electron chi connectivity index (χ3n) is 6.48. The highest BCUT2D eigenvalue weighted by Crippen LogP contribution is 2.23. The van der Waals surface area contributed by atoms with Crippen LogP contribution in [0.4, 0.5) is 0 Å². The minimum Gasteiger partial charge on any atom is -0.494 e. The van der Waals surface area contributed by atoms with Crippen molar-refractivity contribution in [3.05, 3.63) is 36.7 Å². The molecule has 0 aliphatic carbocycles. The first kappa shape index (κ1) is 28.4. The molecule has 0 atom stereocenters. The van der Waals surface area contributed by atoms with Gasteiger partial charge in [-0.15, -0.1) is 0 Å². The van der Waals surface area contributed by atoms with Crippen LogP contribution in [0.3, 0.4) is 0 Å². The Kier molecular flexibility index (Phi) is 13.9. The maximum atomic E-state index is 5.95. The third kappa shape index (κ3) is 12.0. The van der Waals surface area contributed by atoms with Gasteiger partial charge in [0.05, 0.1) is 25.6 Å². The molecule has 1 aromatic carbocycles. The normalized spacial score (nSPS) is 11.5. The molecule has 2 rings (SSSR count). The summed E-state index contributed by atoms with van der Waals surface area (Å²) in [4.78, 5) is 8.96. The summed E-state index contributed by atoms with van der Waals surface area (Å²) in [7, 11) is -0.966. The van der Waals surface area contributed by atoms with Gasteiger partial charge in [0.15, 0.2) is 11.6 Å². The molecule has 0 saturated carbocycles. The van der Waals surface area contributed by atoms with Crippen LogP contribution in [-0.4, -0.2) is 31.3 Å². The van der Waals surface area contributed by atoms with Crippen LogP contribution < -0.4 is 9.47 Å². The van der Waals surface area contributed by atoms with Crippen molar-refractivity contribution in [1.29, 1.82) is 0 Å². The zero-order chi connectivity index (χ0) is 24.5. The van der Waals surface area contributed by atoms with Crippen LogP contribution in [0.1, 0.15) is 84.5 Å². The Morgan fingerprint density at radius 3 is 1.79 bits per heavy atom. The number of rotatable bonds is 19. The van der Waals surface area contributed by atoms with Gasteiger partial charge in [0, 0.05) is 13.6 Å². The highest BCUT2D eigenvalue weighted by atomic mass is 28.3. The minimum atomic E-state index is -0.966. The van der Waals surface area contributed by atoms with E-state index in [1.54, 1.807) is 12.4 Å². The smallest absolute Gasteiger partial charge is 0.159 e. The molecule has 4 nitrogen and oxygen atoms in total. The van der Waals surface area contributed by atoms with Crippen molar-refractivity contribution < 1.29 is 9.47 Å². The maximum Gasteiger partial charge on any atom is 0.159 e.